The van der Waals surface area contributed by atoms with Crippen molar-refractivity contribution in [1.82, 2.24) is 4.57 Å². The summed E-state index contributed by atoms with van der Waals surface area (Å²) in [6.07, 6.45) is 0. The predicted octanol–water partition coefficient (Wildman–Crippen LogP) is 16.1. The minimum absolute atomic E-state index is 1.08. The average Bonchev–Trinajstić information content (AvgIpc) is 3.66. The van der Waals surface area contributed by atoms with Crippen LogP contribution in [0.15, 0.2) is 243 Å². The third-order valence-corrected chi connectivity index (χ3v) is 11.8. The molecule has 0 atom stereocenters. The first-order valence-corrected chi connectivity index (χ1v) is 20.6. The van der Waals surface area contributed by atoms with E-state index in [1.807, 2.05) is 0 Å². The molecule has 60 heavy (non-hydrogen) atoms. The molecule has 0 amide bonds. The van der Waals surface area contributed by atoms with E-state index in [2.05, 4.69) is 252 Å². The number of hydrogen-bond donors (Lipinski definition) is 0. The Kier molecular flexibility index (Phi) is 8.87. The first-order chi connectivity index (χ1) is 29.8. The summed E-state index contributed by atoms with van der Waals surface area (Å²) in [6, 6.07) is 87.8. The highest BCUT2D eigenvalue weighted by molar-refractivity contribution is 6.12. The first kappa shape index (κ1) is 35.2. The van der Waals surface area contributed by atoms with Crippen LogP contribution in [-0.4, -0.2) is 4.57 Å². The van der Waals surface area contributed by atoms with Crippen molar-refractivity contribution in [3.05, 3.63) is 243 Å². The molecular weight excluding hydrogens is 725 g/mol. The van der Waals surface area contributed by atoms with Crippen LogP contribution in [0.1, 0.15) is 0 Å². The quantitative estimate of drug-likeness (QED) is 0.150. The van der Waals surface area contributed by atoms with Gasteiger partial charge in [-0.3, -0.25) is 0 Å². The third kappa shape index (κ3) is 6.32. The summed E-state index contributed by atoms with van der Waals surface area (Å²) in [4.78, 5) is 2.36. The molecule has 2 heteroatoms. The number of hydrogen-bond acceptors (Lipinski definition) is 1. The molecule has 0 saturated heterocycles. The molecule has 11 rings (SSSR count). The normalized spacial score (nSPS) is 11.3. The number of anilines is 3. The van der Waals surface area contributed by atoms with Gasteiger partial charge in [0.05, 0.1) is 11.0 Å². The van der Waals surface area contributed by atoms with E-state index >= 15 is 0 Å². The number of para-hydroxylation sites is 1. The number of fused-ring (bicyclic) bond motifs is 4. The summed E-state index contributed by atoms with van der Waals surface area (Å²) in [7, 11) is 0. The Morgan fingerprint density at radius 3 is 1.27 bits per heavy atom. The molecule has 0 fully saturated rings. The Labute approximate surface area is 350 Å². The van der Waals surface area contributed by atoms with Gasteiger partial charge in [0.2, 0.25) is 0 Å². The van der Waals surface area contributed by atoms with E-state index in [0.29, 0.717) is 0 Å². The van der Waals surface area contributed by atoms with Crippen molar-refractivity contribution in [1.29, 1.82) is 0 Å². The molecule has 0 spiro atoms. The Bertz CT molecular complexity index is 3180. The Balaban J connectivity index is 1.04. The first-order valence-electron chi connectivity index (χ1n) is 20.6. The molecule has 11 aromatic rings. The Morgan fingerprint density at radius 2 is 0.717 bits per heavy atom. The van der Waals surface area contributed by atoms with E-state index in [1.54, 1.807) is 0 Å². The summed E-state index contributed by atoms with van der Waals surface area (Å²) < 4.78 is 2.43. The van der Waals surface area contributed by atoms with E-state index in [4.69, 9.17) is 0 Å². The molecular formula is C58H40N2. The fourth-order valence-electron chi connectivity index (χ4n) is 8.95. The molecule has 0 saturated carbocycles. The molecule has 0 N–H and O–H groups in total. The van der Waals surface area contributed by atoms with Crippen LogP contribution < -0.4 is 4.90 Å². The number of benzene rings is 10. The maximum atomic E-state index is 2.43. The van der Waals surface area contributed by atoms with E-state index in [9.17, 15) is 0 Å². The lowest BCUT2D eigenvalue weighted by molar-refractivity contribution is 1.17. The van der Waals surface area contributed by atoms with Crippen LogP contribution in [-0.2, 0) is 0 Å². The van der Waals surface area contributed by atoms with Gasteiger partial charge in [-0.25, -0.2) is 0 Å². The molecule has 0 unspecified atom stereocenters. The summed E-state index contributed by atoms with van der Waals surface area (Å²) in [6.45, 7) is 0. The number of aromatic nitrogens is 1. The van der Waals surface area contributed by atoms with Gasteiger partial charge in [0.15, 0.2) is 0 Å². The fraction of sp³-hybridized carbons (Fsp3) is 0. The van der Waals surface area contributed by atoms with Gasteiger partial charge in [0.25, 0.3) is 0 Å². The van der Waals surface area contributed by atoms with Crippen molar-refractivity contribution in [2.75, 3.05) is 4.90 Å². The second-order valence-corrected chi connectivity index (χ2v) is 15.3. The average molecular weight is 765 g/mol. The van der Waals surface area contributed by atoms with Gasteiger partial charge < -0.3 is 9.47 Å². The van der Waals surface area contributed by atoms with Crippen LogP contribution >= 0.6 is 0 Å². The smallest absolute Gasteiger partial charge is 0.0541 e. The lowest BCUT2D eigenvalue weighted by Crippen LogP contribution is -2.10. The van der Waals surface area contributed by atoms with Gasteiger partial charge >= 0.3 is 0 Å². The van der Waals surface area contributed by atoms with Gasteiger partial charge in [-0.05, 0) is 122 Å². The minimum atomic E-state index is 1.08. The molecule has 282 valence electrons. The van der Waals surface area contributed by atoms with Crippen LogP contribution in [0.2, 0.25) is 0 Å². The summed E-state index contributed by atoms with van der Waals surface area (Å²) in [5.41, 5.74) is 16.4. The highest BCUT2D eigenvalue weighted by Crippen LogP contribution is 2.42. The van der Waals surface area contributed by atoms with Gasteiger partial charge in [0, 0.05) is 33.5 Å². The van der Waals surface area contributed by atoms with Crippen LogP contribution in [0.5, 0.6) is 0 Å². The van der Waals surface area contributed by atoms with Crippen molar-refractivity contribution in [2.45, 2.75) is 0 Å². The Hall–Kier alpha value is -7.94. The molecule has 1 aromatic heterocycles. The Morgan fingerprint density at radius 1 is 0.283 bits per heavy atom. The van der Waals surface area contributed by atoms with Crippen LogP contribution in [0, 0.1) is 0 Å². The predicted molar refractivity (Wildman–Crippen MR) is 255 cm³/mol. The zero-order chi connectivity index (χ0) is 39.8. The highest BCUT2D eigenvalue weighted by Gasteiger charge is 2.18. The van der Waals surface area contributed by atoms with Crippen molar-refractivity contribution >= 4 is 49.6 Å². The third-order valence-electron chi connectivity index (χ3n) is 11.8. The van der Waals surface area contributed by atoms with Gasteiger partial charge in [-0.15, -0.1) is 0 Å². The van der Waals surface area contributed by atoms with E-state index in [-0.39, 0.29) is 0 Å². The maximum Gasteiger partial charge on any atom is 0.0541 e. The molecule has 0 radical (unpaired) electrons. The van der Waals surface area contributed by atoms with Crippen LogP contribution in [0.4, 0.5) is 17.1 Å². The minimum Gasteiger partial charge on any atom is -0.310 e. The van der Waals surface area contributed by atoms with Crippen molar-refractivity contribution in [2.24, 2.45) is 0 Å². The monoisotopic (exact) mass is 764 g/mol. The van der Waals surface area contributed by atoms with Crippen LogP contribution in [0.3, 0.4) is 0 Å². The fourth-order valence-corrected chi connectivity index (χ4v) is 8.95. The van der Waals surface area contributed by atoms with Gasteiger partial charge in [0.1, 0.15) is 0 Å². The standard InChI is InChI=1S/C58H40N2/c1-5-16-41(17-6-1)46-32-36-56-54(38-46)55-39-47(42-18-7-2-8-19-42)33-37-57(55)60(56)51-27-15-26-50(40-51)59(48-24-11-4-12-25-48)49-34-30-44(31-35-49)53-29-14-23-45-22-13-28-52(58(45)53)43-20-9-3-10-21-43/h1-40H. The molecule has 0 aliphatic rings. The molecule has 10 aromatic carbocycles. The van der Waals surface area contributed by atoms with E-state index in [0.717, 1.165) is 22.7 Å². The lowest BCUT2D eigenvalue weighted by atomic mass is 9.91. The molecule has 2 nitrogen and oxygen atoms in total. The zero-order valence-electron chi connectivity index (χ0n) is 33.0. The topological polar surface area (TPSA) is 8.17 Å². The molecule has 0 bridgehead atoms. The summed E-state index contributed by atoms with van der Waals surface area (Å²) >= 11 is 0. The van der Waals surface area contributed by atoms with Crippen LogP contribution in [0.25, 0.3) is 82.8 Å². The van der Waals surface area contributed by atoms with E-state index < -0.39 is 0 Å². The molecule has 1 heterocycles. The number of nitrogens with zero attached hydrogens (tertiary/aromatic N) is 2. The molecule has 0 aliphatic carbocycles. The molecule has 0 aliphatic heterocycles. The highest BCUT2D eigenvalue weighted by atomic mass is 15.1. The van der Waals surface area contributed by atoms with Crippen molar-refractivity contribution in [3.63, 3.8) is 0 Å². The second kappa shape index (κ2) is 15.1. The van der Waals surface area contributed by atoms with Crippen molar-refractivity contribution in [3.8, 4) is 50.2 Å². The number of rotatable bonds is 8. The SMILES string of the molecule is c1ccc(-c2ccc3c(c2)c2cc(-c4ccccc4)ccc2n3-c2cccc(N(c3ccccc3)c3ccc(-c4cccc5cccc(-c6ccccc6)c45)cc3)c2)cc1. The van der Waals surface area contributed by atoms with Crippen molar-refractivity contribution < 1.29 is 0 Å². The summed E-state index contributed by atoms with van der Waals surface area (Å²) in [5.74, 6) is 0. The summed E-state index contributed by atoms with van der Waals surface area (Å²) in [5, 5.41) is 4.96. The largest absolute Gasteiger partial charge is 0.310 e. The van der Waals surface area contributed by atoms with Gasteiger partial charge in [-0.1, -0.05) is 176 Å². The van der Waals surface area contributed by atoms with E-state index in [1.165, 1.54) is 77.1 Å². The second-order valence-electron chi connectivity index (χ2n) is 15.3. The zero-order valence-corrected chi connectivity index (χ0v) is 33.0. The lowest BCUT2D eigenvalue weighted by Gasteiger charge is -2.26. The maximum absolute atomic E-state index is 2.43. The van der Waals surface area contributed by atoms with Gasteiger partial charge in [-0.2, -0.15) is 0 Å².